The van der Waals surface area contributed by atoms with Gasteiger partial charge in [-0.2, -0.15) is 0 Å². The normalized spacial score (nSPS) is 10.4. The van der Waals surface area contributed by atoms with Gasteiger partial charge < -0.3 is 20.3 Å². The van der Waals surface area contributed by atoms with Crippen molar-refractivity contribution in [2.24, 2.45) is 7.05 Å². The lowest BCUT2D eigenvalue weighted by Gasteiger charge is -2.05. The van der Waals surface area contributed by atoms with Crippen molar-refractivity contribution >= 4 is 28.7 Å². The Morgan fingerprint density at radius 1 is 1.09 bits per heavy atom. The van der Waals surface area contributed by atoms with Crippen molar-refractivity contribution in [3.05, 3.63) is 36.0 Å². The number of benzene rings is 1. The van der Waals surface area contributed by atoms with Crippen LogP contribution in [0.2, 0.25) is 0 Å². The number of rotatable bonds is 6. The van der Waals surface area contributed by atoms with E-state index < -0.39 is 18.4 Å². The molecule has 22 heavy (non-hydrogen) atoms. The molecule has 0 aliphatic heterocycles. The van der Waals surface area contributed by atoms with E-state index in [9.17, 15) is 14.4 Å². The zero-order chi connectivity index (χ0) is 16.1. The van der Waals surface area contributed by atoms with Crippen molar-refractivity contribution in [2.75, 3.05) is 13.1 Å². The molecule has 1 heterocycles. The van der Waals surface area contributed by atoms with Crippen LogP contribution in [0, 0.1) is 0 Å². The maximum absolute atomic E-state index is 11.9. The summed E-state index contributed by atoms with van der Waals surface area (Å²) in [5.41, 5.74) is 1.91. The number of fused-ring (bicyclic) bond motifs is 1. The molecule has 0 unspecified atom stereocenters. The minimum Gasteiger partial charge on any atom is -0.480 e. The molecule has 1 aromatic heterocycles. The SMILES string of the molecule is Cn1cc(CC(=O)NCC(=O)NCC(=O)O)c2ccccc21. The van der Waals surface area contributed by atoms with E-state index in [0.29, 0.717) is 0 Å². The number of carboxylic acids is 1. The topological polar surface area (TPSA) is 100 Å². The van der Waals surface area contributed by atoms with E-state index in [1.54, 1.807) is 0 Å². The lowest BCUT2D eigenvalue weighted by molar-refractivity contribution is -0.137. The maximum atomic E-state index is 11.9. The summed E-state index contributed by atoms with van der Waals surface area (Å²) in [6, 6.07) is 7.75. The fraction of sp³-hybridized carbons (Fsp3) is 0.267. The first-order valence-corrected chi connectivity index (χ1v) is 6.75. The Bertz CT molecular complexity index is 721. The van der Waals surface area contributed by atoms with E-state index in [4.69, 9.17) is 5.11 Å². The third-order valence-electron chi connectivity index (χ3n) is 3.21. The Morgan fingerprint density at radius 3 is 2.50 bits per heavy atom. The molecule has 3 N–H and O–H groups in total. The Labute approximate surface area is 126 Å². The molecular formula is C15H17N3O4. The first kappa shape index (κ1) is 15.6. The summed E-state index contributed by atoms with van der Waals surface area (Å²) in [5, 5.41) is 14.1. The number of hydrogen-bond acceptors (Lipinski definition) is 3. The molecule has 0 fully saturated rings. The Morgan fingerprint density at radius 2 is 1.77 bits per heavy atom. The molecule has 7 heteroatoms. The fourth-order valence-corrected chi connectivity index (χ4v) is 2.22. The van der Waals surface area contributed by atoms with Gasteiger partial charge in [0, 0.05) is 24.1 Å². The molecule has 0 saturated carbocycles. The van der Waals surface area contributed by atoms with Crippen LogP contribution in [0.15, 0.2) is 30.5 Å². The number of hydrogen-bond donors (Lipinski definition) is 3. The monoisotopic (exact) mass is 303 g/mol. The van der Waals surface area contributed by atoms with Crippen molar-refractivity contribution in [3.63, 3.8) is 0 Å². The molecule has 0 aliphatic carbocycles. The highest BCUT2D eigenvalue weighted by molar-refractivity contribution is 5.91. The second-order valence-electron chi connectivity index (χ2n) is 4.91. The standard InChI is InChI=1S/C15H17N3O4/c1-18-9-10(11-4-2-3-5-12(11)18)6-13(19)16-7-14(20)17-8-15(21)22/h2-5,9H,6-8H2,1H3,(H,16,19)(H,17,20)(H,21,22). The van der Waals surface area contributed by atoms with Gasteiger partial charge in [0.05, 0.1) is 13.0 Å². The van der Waals surface area contributed by atoms with Gasteiger partial charge in [-0.25, -0.2) is 0 Å². The summed E-state index contributed by atoms with van der Waals surface area (Å²) in [4.78, 5) is 33.5. The number of nitrogens with zero attached hydrogens (tertiary/aromatic N) is 1. The zero-order valence-corrected chi connectivity index (χ0v) is 12.1. The summed E-state index contributed by atoms with van der Waals surface area (Å²) >= 11 is 0. The van der Waals surface area contributed by atoms with Gasteiger partial charge in [0.15, 0.2) is 0 Å². The van der Waals surface area contributed by atoms with Gasteiger partial charge in [-0.05, 0) is 11.6 Å². The van der Waals surface area contributed by atoms with E-state index >= 15 is 0 Å². The number of amides is 2. The lowest BCUT2D eigenvalue weighted by Crippen LogP contribution is -2.39. The van der Waals surface area contributed by atoms with Crippen LogP contribution in [0.25, 0.3) is 10.9 Å². The molecule has 2 amide bonds. The summed E-state index contributed by atoms with van der Waals surface area (Å²) in [7, 11) is 1.91. The van der Waals surface area contributed by atoms with Gasteiger partial charge in [0.25, 0.3) is 0 Å². The van der Waals surface area contributed by atoms with E-state index in [1.807, 2.05) is 42.1 Å². The van der Waals surface area contributed by atoms with Crippen molar-refractivity contribution in [2.45, 2.75) is 6.42 Å². The van der Waals surface area contributed by atoms with Crippen molar-refractivity contribution in [3.8, 4) is 0 Å². The van der Waals surface area contributed by atoms with E-state index in [1.165, 1.54) is 0 Å². The molecule has 1 aromatic carbocycles. The van der Waals surface area contributed by atoms with Crippen LogP contribution in [0.4, 0.5) is 0 Å². The fourth-order valence-electron chi connectivity index (χ4n) is 2.22. The second-order valence-corrected chi connectivity index (χ2v) is 4.91. The largest absolute Gasteiger partial charge is 0.480 e. The van der Waals surface area contributed by atoms with Gasteiger partial charge in [-0.1, -0.05) is 18.2 Å². The third kappa shape index (κ3) is 3.85. The van der Waals surface area contributed by atoms with Gasteiger partial charge in [0.1, 0.15) is 6.54 Å². The Hall–Kier alpha value is -2.83. The summed E-state index contributed by atoms with van der Waals surface area (Å²) in [5.74, 6) is -1.95. The van der Waals surface area contributed by atoms with Crippen LogP contribution in [0.1, 0.15) is 5.56 Å². The smallest absolute Gasteiger partial charge is 0.322 e. The van der Waals surface area contributed by atoms with Crippen molar-refractivity contribution < 1.29 is 19.5 Å². The van der Waals surface area contributed by atoms with Crippen LogP contribution in [-0.2, 0) is 27.9 Å². The van der Waals surface area contributed by atoms with Crippen molar-refractivity contribution in [1.29, 1.82) is 0 Å². The van der Waals surface area contributed by atoms with Gasteiger partial charge in [-0.15, -0.1) is 0 Å². The quantitative estimate of drug-likeness (QED) is 0.701. The number of aliphatic carboxylic acids is 1. The van der Waals surface area contributed by atoms with Gasteiger partial charge in [0.2, 0.25) is 11.8 Å². The first-order valence-electron chi connectivity index (χ1n) is 6.75. The number of aromatic nitrogens is 1. The molecule has 2 rings (SSSR count). The van der Waals surface area contributed by atoms with Crippen LogP contribution in [-0.4, -0.2) is 40.5 Å². The average molecular weight is 303 g/mol. The van der Waals surface area contributed by atoms with Crippen LogP contribution in [0.3, 0.4) is 0 Å². The summed E-state index contributed by atoms with van der Waals surface area (Å²) < 4.78 is 1.94. The minimum absolute atomic E-state index is 0.160. The average Bonchev–Trinajstić information content (AvgIpc) is 2.80. The predicted molar refractivity (Wildman–Crippen MR) is 80.3 cm³/mol. The minimum atomic E-state index is -1.13. The molecule has 0 aliphatic rings. The van der Waals surface area contributed by atoms with Crippen molar-refractivity contribution in [1.82, 2.24) is 15.2 Å². The van der Waals surface area contributed by atoms with E-state index in [2.05, 4.69) is 10.6 Å². The molecule has 0 atom stereocenters. The van der Waals surface area contributed by atoms with Crippen LogP contribution >= 0.6 is 0 Å². The number of para-hydroxylation sites is 1. The predicted octanol–water partition coefficient (Wildman–Crippen LogP) is 0.0378. The van der Waals surface area contributed by atoms with Gasteiger partial charge in [-0.3, -0.25) is 14.4 Å². The molecular weight excluding hydrogens is 286 g/mol. The van der Waals surface area contributed by atoms with E-state index in [-0.39, 0.29) is 18.9 Å². The molecule has 2 aromatic rings. The number of nitrogens with one attached hydrogen (secondary N) is 2. The van der Waals surface area contributed by atoms with Gasteiger partial charge >= 0.3 is 5.97 Å². The highest BCUT2D eigenvalue weighted by Crippen LogP contribution is 2.20. The molecule has 0 spiro atoms. The molecule has 0 bridgehead atoms. The maximum Gasteiger partial charge on any atom is 0.322 e. The molecule has 116 valence electrons. The Balaban J connectivity index is 1.91. The third-order valence-corrected chi connectivity index (χ3v) is 3.21. The number of aryl methyl sites for hydroxylation is 1. The lowest BCUT2D eigenvalue weighted by atomic mass is 10.1. The van der Waals surface area contributed by atoms with Crippen LogP contribution in [0.5, 0.6) is 0 Å². The molecule has 0 radical (unpaired) electrons. The zero-order valence-electron chi connectivity index (χ0n) is 12.1. The van der Waals surface area contributed by atoms with E-state index in [0.717, 1.165) is 16.5 Å². The number of carbonyl (C=O) groups excluding carboxylic acids is 2. The number of carboxylic acid groups (broad SMARTS) is 1. The number of carbonyl (C=O) groups is 3. The second kappa shape index (κ2) is 6.75. The highest BCUT2D eigenvalue weighted by atomic mass is 16.4. The highest BCUT2D eigenvalue weighted by Gasteiger charge is 2.11. The molecule has 0 saturated heterocycles. The summed E-state index contributed by atoms with van der Waals surface area (Å²) in [6.45, 7) is -0.699. The summed E-state index contributed by atoms with van der Waals surface area (Å²) in [6.07, 6.45) is 2.04. The van der Waals surface area contributed by atoms with Crippen LogP contribution < -0.4 is 10.6 Å². The Kier molecular flexibility index (Phi) is 4.77. The molecule has 7 nitrogen and oxygen atoms in total. The first-order chi connectivity index (χ1) is 10.5.